The van der Waals surface area contributed by atoms with Crippen LogP contribution in [0.2, 0.25) is 0 Å². The first-order valence-corrected chi connectivity index (χ1v) is 8.90. The highest BCUT2D eigenvalue weighted by molar-refractivity contribution is 7.80. The fraction of sp³-hybridized carbons (Fsp3) is 0.200. The molecule has 2 aromatic heterocycles. The van der Waals surface area contributed by atoms with E-state index in [0.29, 0.717) is 16.6 Å². The molecule has 1 aliphatic heterocycles. The molecule has 138 valence electrons. The van der Waals surface area contributed by atoms with E-state index in [-0.39, 0.29) is 12.1 Å². The molecule has 1 aliphatic rings. The van der Waals surface area contributed by atoms with Gasteiger partial charge < -0.3 is 24.1 Å². The molecule has 0 unspecified atom stereocenters. The molecule has 0 amide bonds. The molecule has 27 heavy (non-hydrogen) atoms. The molecule has 2 atom stereocenters. The number of hydrogen-bond acceptors (Lipinski definition) is 5. The maximum absolute atomic E-state index is 5.75. The Hall–Kier alpha value is -3.06. The maximum Gasteiger partial charge on any atom is 0.174 e. The van der Waals surface area contributed by atoms with E-state index in [1.54, 1.807) is 26.7 Å². The van der Waals surface area contributed by atoms with Gasteiger partial charge in [0.2, 0.25) is 0 Å². The van der Waals surface area contributed by atoms with Gasteiger partial charge in [-0.25, -0.2) is 0 Å². The number of aromatic nitrogens is 1. The van der Waals surface area contributed by atoms with Crippen molar-refractivity contribution < 1.29 is 13.9 Å². The minimum atomic E-state index is -0.204. The van der Waals surface area contributed by atoms with Gasteiger partial charge in [0.25, 0.3) is 0 Å². The smallest absolute Gasteiger partial charge is 0.174 e. The van der Waals surface area contributed by atoms with Crippen molar-refractivity contribution in [1.29, 1.82) is 0 Å². The second kappa shape index (κ2) is 7.28. The fourth-order valence-electron chi connectivity index (χ4n) is 3.35. The highest BCUT2D eigenvalue weighted by Crippen LogP contribution is 2.45. The van der Waals surface area contributed by atoms with Crippen LogP contribution in [0.4, 0.5) is 5.69 Å². The van der Waals surface area contributed by atoms with Gasteiger partial charge in [0.15, 0.2) is 5.11 Å². The molecule has 3 aromatic rings. The van der Waals surface area contributed by atoms with Crippen molar-refractivity contribution >= 4 is 23.0 Å². The number of furan rings is 1. The van der Waals surface area contributed by atoms with E-state index in [1.807, 2.05) is 53.4 Å². The van der Waals surface area contributed by atoms with Crippen molar-refractivity contribution in [3.05, 3.63) is 72.4 Å². The van der Waals surface area contributed by atoms with Crippen LogP contribution in [0, 0.1) is 0 Å². The molecule has 0 spiro atoms. The lowest BCUT2D eigenvalue weighted by Crippen LogP contribution is -2.29. The van der Waals surface area contributed by atoms with Crippen molar-refractivity contribution in [2.45, 2.75) is 12.1 Å². The zero-order valence-corrected chi connectivity index (χ0v) is 15.8. The van der Waals surface area contributed by atoms with Crippen LogP contribution < -0.4 is 19.7 Å². The average Bonchev–Trinajstić information content (AvgIpc) is 3.35. The van der Waals surface area contributed by atoms with Crippen molar-refractivity contribution in [2.75, 3.05) is 19.1 Å². The average molecular weight is 381 g/mol. The summed E-state index contributed by atoms with van der Waals surface area (Å²) in [5, 5.41) is 3.96. The van der Waals surface area contributed by atoms with Gasteiger partial charge in [-0.05, 0) is 48.6 Å². The first-order chi connectivity index (χ1) is 13.2. The zero-order chi connectivity index (χ0) is 18.8. The summed E-state index contributed by atoms with van der Waals surface area (Å²) in [4.78, 5) is 6.52. The zero-order valence-electron chi connectivity index (χ0n) is 15.0. The summed E-state index contributed by atoms with van der Waals surface area (Å²) >= 11 is 5.68. The Labute approximate surface area is 162 Å². The Morgan fingerprint density at radius 1 is 1.11 bits per heavy atom. The monoisotopic (exact) mass is 381 g/mol. The Kier molecular flexibility index (Phi) is 4.68. The summed E-state index contributed by atoms with van der Waals surface area (Å²) in [5.41, 5.74) is 1.71. The minimum absolute atomic E-state index is 0.156. The number of thiocarbonyl (C=S) groups is 1. The fourth-order valence-corrected chi connectivity index (χ4v) is 3.69. The standard InChI is InChI=1S/C20H19N3O3S/c1-24-13-8-9-15(17(12-13)25-2)23-19(16-7-5-11-26-16)18(22-20(23)27)14-6-3-4-10-21-14/h3-12,18-19H,1-2H3,(H,22,27)/t18-,19-/m0/s1. The number of nitrogens with zero attached hydrogens (tertiary/aromatic N) is 2. The molecule has 0 aliphatic carbocycles. The predicted octanol–water partition coefficient (Wildman–Crippen LogP) is 3.87. The van der Waals surface area contributed by atoms with E-state index in [1.165, 1.54) is 0 Å². The second-order valence-electron chi connectivity index (χ2n) is 6.05. The molecule has 6 nitrogen and oxygen atoms in total. The molecular formula is C20H19N3O3S. The minimum Gasteiger partial charge on any atom is -0.497 e. The van der Waals surface area contributed by atoms with Crippen LogP contribution in [0.1, 0.15) is 23.5 Å². The van der Waals surface area contributed by atoms with Gasteiger partial charge in [0, 0.05) is 12.3 Å². The van der Waals surface area contributed by atoms with Crippen LogP contribution in [0.25, 0.3) is 0 Å². The molecule has 0 bridgehead atoms. The first-order valence-electron chi connectivity index (χ1n) is 8.49. The third kappa shape index (κ3) is 3.10. The van der Waals surface area contributed by atoms with Crippen molar-refractivity contribution in [3.63, 3.8) is 0 Å². The number of rotatable bonds is 5. The first kappa shape index (κ1) is 17.4. The third-order valence-corrected chi connectivity index (χ3v) is 4.89. The number of hydrogen-bond donors (Lipinski definition) is 1. The molecule has 3 heterocycles. The highest BCUT2D eigenvalue weighted by atomic mass is 32.1. The topological polar surface area (TPSA) is 59.8 Å². The maximum atomic E-state index is 5.75. The Morgan fingerprint density at radius 3 is 2.67 bits per heavy atom. The van der Waals surface area contributed by atoms with Crippen molar-refractivity contribution in [2.24, 2.45) is 0 Å². The normalized spacial score (nSPS) is 19.0. The lowest BCUT2D eigenvalue weighted by Gasteiger charge is -2.27. The van der Waals surface area contributed by atoms with Gasteiger partial charge in [-0.3, -0.25) is 4.98 Å². The van der Waals surface area contributed by atoms with Crippen LogP contribution in [0.5, 0.6) is 11.5 Å². The number of methoxy groups -OCH3 is 2. The molecule has 4 rings (SSSR count). The van der Waals surface area contributed by atoms with E-state index >= 15 is 0 Å². The van der Waals surface area contributed by atoms with Crippen LogP contribution >= 0.6 is 12.2 Å². The summed E-state index contributed by atoms with van der Waals surface area (Å²) in [5.74, 6) is 2.16. The predicted molar refractivity (Wildman–Crippen MR) is 106 cm³/mol. The van der Waals surface area contributed by atoms with Gasteiger partial charge in [-0.1, -0.05) is 6.07 Å². The molecule has 1 saturated heterocycles. The van der Waals surface area contributed by atoms with Crippen LogP contribution in [0.3, 0.4) is 0 Å². The lowest BCUT2D eigenvalue weighted by atomic mass is 10.0. The quantitative estimate of drug-likeness (QED) is 0.673. The van der Waals surface area contributed by atoms with E-state index in [2.05, 4.69) is 10.3 Å². The van der Waals surface area contributed by atoms with E-state index in [0.717, 1.165) is 17.1 Å². The summed E-state index contributed by atoms with van der Waals surface area (Å²) in [7, 11) is 3.25. The molecule has 1 N–H and O–H groups in total. The molecule has 0 saturated carbocycles. The lowest BCUT2D eigenvalue weighted by molar-refractivity contribution is 0.392. The van der Waals surface area contributed by atoms with Crippen molar-refractivity contribution in [3.8, 4) is 11.5 Å². The number of anilines is 1. The summed E-state index contributed by atoms with van der Waals surface area (Å²) in [6.45, 7) is 0. The molecule has 7 heteroatoms. The number of pyridine rings is 1. The molecule has 0 radical (unpaired) electrons. The van der Waals surface area contributed by atoms with Gasteiger partial charge in [-0.15, -0.1) is 0 Å². The number of ether oxygens (including phenoxy) is 2. The van der Waals surface area contributed by atoms with E-state index < -0.39 is 0 Å². The largest absolute Gasteiger partial charge is 0.497 e. The number of nitrogens with one attached hydrogen (secondary N) is 1. The summed E-state index contributed by atoms with van der Waals surface area (Å²) in [6.07, 6.45) is 3.44. The van der Waals surface area contributed by atoms with E-state index in [9.17, 15) is 0 Å². The van der Waals surface area contributed by atoms with E-state index in [4.69, 9.17) is 26.1 Å². The van der Waals surface area contributed by atoms with Crippen LogP contribution in [-0.4, -0.2) is 24.3 Å². The number of benzene rings is 1. The molecular weight excluding hydrogens is 362 g/mol. The highest BCUT2D eigenvalue weighted by Gasteiger charge is 2.43. The van der Waals surface area contributed by atoms with Gasteiger partial charge >= 0.3 is 0 Å². The van der Waals surface area contributed by atoms with Gasteiger partial charge in [0.1, 0.15) is 23.3 Å². The SMILES string of the molecule is COc1ccc(N2C(=S)N[C@@H](c3ccccn3)[C@@H]2c2ccco2)c(OC)c1. The Morgan fingerprint density at radius 2 is 2.00 bits per heavy atom. The Bertz CT molecular complexity index is 931. The third-order valence-electron chi connectivity index (χ3n) is 4.58. The van der Waals surface area contributed by atoms with Crippen molar-refractivity contribution in [1.82, 2.24) is 10.3 Å². The molecule has 1 fully saturated rings. The van der Waals surface area contributed by atoms with Gasteiger partial charge in [0.05, 0.1) is 37.9 Å². The summed E-state index contributed by atoms with van der Waals surface area (Å²) in [6, 6.07) is 14.9. The Balaban J connectivity index is 1.83. The molecule has 1 aromatic carbocycles. The second-order valence-corrected chi connectivity index (χ2v) is 6.44. The summed E-state index contributed by atoms with van der Waals surface area (Å²) < 4.78 is 16.7. The van der Waals surface area contributed by atoms with Crippen LogP contribution in [0.15, 0.2) is 65.4 Å². The van der Waals surface area contributed by atoms with Gasteiger partial charge in [-0.2, -0.15) is 0 Å². The van der Waals surface area contributed by atoms with Crippen LogP contribution in [-0.2, 0) is 0 Å².